The second-order valence-electron chi connectivity index (χ2n) is 7.33. The van der Waals surface area contributed by atoms with Gasteiger partial charge in [-0.3, -0.25) is 14.3 Å². The van der Waals surface area contributed by atoms with Gasteiger partial charge in [0.1, 0.15) is 11.5 Å². The van der Waals surface area contributed by atoms with Crippen LogP contribution < -0.4 is 0 Å². The number of aromatic nitrogens is 2. The Kier molecular flexibility index (Phi) is 4.68. The maximum absolute atomic E-state index is 14.0. The molecule has 7 heteroatoms. The number of benzene rings is 1. The third-order valence-electron chi connectivity index (χ3n) is 5.76. The number of hydrogen-bond acceptors (Lipinski definition) is 3. The monoisotopic (exact) mass is 370 g/mol. The number of carbonyl (C=O) groups excluding carboxylic acids is 2. The lowest BCUT2D eigenvalue weighted by molar-refractivity contribution is 0.0190. The first-order valence-electron chi connectivity index (χ1n) is 9.39. The molecule has 2 aliphatic rings. The van der Waals surface area contributed by atoms with Crippen LogP contribution in [0.3, 0.4) is 0 Å². The number of fused-ring (bicyclic) bond motifs is 1. The standard InChI is InChI=1S/C20H23FN4O2/c1-23-18(8-10-22-23)20(27)25-11-4-5-14-13-24(12-9-17(14)25)19(26)15-6-2-3-7-16(15)21/h2-3,6-8,10,14,17H,4-5,9,11-13H2,1H3/t14-,17+/m1/s1. The molecule has 2 atom stereocenters. The molecule has 0 spiro atoms. The third-order valence-corrected chi connectivity index (χ3v) is 5.76. The predicted molar refractivity (Wildman–Crippen MR) is 97.7 cm³/mol. The number of aryl methyl sites for hydroxylation is 1. The minimum absolute atomic E-state index is 0.00131. The van der Waals surface area contributed by atoms with Gasteiger partial charge in [0.25, 0.3) is 11.8 Å². The average molecular weight is 370 g/mol. The van der Waals surface area contributed by atoms with Crippen LogP contribution in [-0.4, -0.2) is 57.1 Å². The van der Waals surface area contributed by atoms with Gasteiger partial charge in [0.05, 0.1) is 5.56 Å². The van der Waals surface area contributed by atoms with E-state index in [1.165, 1.54) is 12.1 Å². The van der Waals surface area contributed by atoms with E-state index in [0.717, 1.165) is 19.4 Å². The van der Waals surface area contributed by atoms with Gasteiger partial charge >= 0.3 is 0 Å². The highest BCUT2D eigenvalue weighted by Gasteiger charge is 2.40. The zero-order chi connectivity index (χ0) is 19.0. The molecule has 2 aromatic rings. The maximum atomic E-state index is 14.0. The fraction of sp³-hybridized carbons (Fsp3) is 0.450. The minimum Gasteiger partial charge on any atom is -0.338 e. The molecule has 1 aromatic carbocycles. The molecule has 0 radical (unpaired) electrons. The van der Waals surface area contributed by atoms with Crippen molar-refractivity contribution in [1.82, 2.24) is 19.6 Å². The Morgan fingerprint density at radius 3 is 2.67 bits per heavy atom. The van der Waals surface area contributed by atoms with Crippen LogP contribution in [0.25, 0.3) is 0 Å². The number of hydrogen-bond donors (Lipinski definition) is 0. The smallest absolute Gasteiger partial charge is 0.272 e. The Hall–Kier alpha value is -2.70. The van der Waals surface area contributed by atoms with Gasteiger partial charge in [0, 0.05) is 38.9 Å². The molecule has 142 valence electrons. The van der Waals surface area contributed by atoms with Crippen LogP contribution in [0.1, 0.15) is 40.1 Å². The highest BCUT2D eigenvalue weighted by atomic mass is 19.1. The van der Waals surface area contributed by atoms with Gasteiger partial charge in [-0.05, 0) is 43.4 Å². The van der Waals surface area contributed by atoms with E-state index in [9.17, 15) is 14.0 Å². The Morgan fingerprint density at radius 2 is 1.93 bits per heavy atom. The second-order valence-corrected chi connectivity index (χ2v) is 7.33. The van der Waals surface area contributed by atoms with Crippen molar-refractivity contribution in [2.45, 2.75) is 25.3 Å². The Morgan fingerprint density at radius 1 is 1.11 bits per heavy atom. The van der Waals surface area contributed by atoms with Gasteiger partial charge in [-0.2, -0.15) is 5.10 Å². The highest BCUT2D eigenvalue weighted by molar-refractivity contribution is 5.95. The van der Waals surface area contributed by atoms with Crippen molar-refractivity contribution in [3.63, 3.8) is 0 Å². The SMILES string of the molecule is Cn1nccc1C(=O)N1CCC[C@@H]2CN(C(=O)c3ccccc3F)CC[C@@H]21. The first kappa shape index (κ1) is 17.7. The largest absolute Gasteiger partial charge is 0.338 e. The molecule has 0 bridgehead atoms. The molecule has 0 N–H and O–H groups in total. The van der Waals surface area contributed by atoms with Gasteiger partial charge in [-0.25, -0.2) is 4.39 Å². The van der Waals surface area contributed by atoms with Gasteiger partial charge in [0.15, 0.2) is 0 Å². The third kappa shape index (κ3) is 3.22. The van der Waals surface area contributed by atoms with Crippen LogP contribution in [0, 0.1) is 11.7 Å². The van der Waals surface area contributed by atoms with Gasteiger partial charge < -0.3 is 9.80 Å². The summed E-state index contributed by atoms with van der Waals surface area (Å²) < 4.78 is 15.6. The number of halogens is 1. The first-order valence-corrected chi connectivity index (χ1v) is 9.39. The summed E-state index contributed by atoms with van der Waals surface area (Å²) >= 11 is 0. The van der Waals surface area contributed by atoms with Crippen molar-refractivity contribution < 1.29 is 14.0 Å². The zero-order valence-electron chi connectivity index (χ0n) is 15.3. The average Bonchev–Trinajstić information content (AvgIpc) is 3.12. The molecule has 3 heterocycles. The molecule has 1 aromatic heterocycles. The van der Waals surface area contributed by atoms with Crippen molar-refractivity contribution in [3.05, 3.63) is 53.6 Å². The number of piperidine rings is 2. The molecular weight excluding hydrogens is 347 g/mol. The summed E-state index contributed by atoms with van der Waals surface area (Å²) in [7, 11) is 1.77. The number of carbonyl (C=O) groups is 2. The lowest BCUT2D eigenvalue weighted by atomic mass is 9.83. The maximum Gasteiger partial charge on any atom is 0.272 e. The van der Waals surface area contributed by atoms with E-state index in [4.69, 9.17) is 0 Å². The molecule has 0 aliphatic carbocycles. The summed E-state index contributed by atoms with van der Waals surface area (Å²) in [5.74, 6) is -0.526. The molecule has 4 rings (SSSR count). The Balaban J connectivity index is 1.49. The number of amides is 2. The van der Waals surface area contributed by atoms with Crippen LogP contribution in [0.15, 0.2) is 36.5 Å². The fourth-order valence-electron chi connectivity index (χ4n) is 4.38. The van der Waals surface area contributed by atoms with E-state index in [-0.39, 0.29) is 29.3 Å². The zero-order valence-corrected chi connectivity index (χ0v) is 15.3. The lowest BCUT2D eigenvalue weighted by Crippen LogP contribution is -2.56. The number of likely N-dealkylation sites (tertiary alicyclic amines) is 2. The quantitative estimate of drug-likeness (QED) is 0.815. The van der Waals surface area contributed by atoms with Crippen LogP contribution in [-0.2, 0) is 7.05 Å². The second kappa shape index (κ2) is 7.13. The molecule has 2 saturated heterocycles. The molecule has 2 aliphatic heterocycles. The van der Waals surface area contributed by atoms with Crippen LogP contribution >= 0.6 is 0 Å². The van der Waals surface area contributed by atoms with Crippen molar-refractivity contribution in [2.24, 2.45) is 13.0 Å². The highest BCUT2D eigenvalue weighted by Crippen LogP contribution is 2.32. The summed E-state index contributed by atoms with van der Waals surface area (Å²) in [5, 5.41) is 4.09. The van der Waals surface area contributed by atoms with Crippen LogP contribution in [0.2, 0.25) is 0 Å². The first-order chi connectivity index (χ1) is 13.1. The summed E-state index contributed by atoms with van der Waals surface area (Å²) in [6.07, 6.45) is 4.23. The number of rotatable bonds is 2. The van der Waals surface area contributed by atoms with Gasteiger partial charge in [-0.15, -0.1) is 0 Å². The van der Waals surface area contributed by atoms with E-state index >= 15 is 0 Å². The van der Waals surface area contributed by atoms with Crippen molar-refractivity contribution in [1.29, 1.82) is 0 Å². The predicted octanol–water partition coefficient (Wildman–Crippen LogP) is 2.33. The minimum atomic E-state index is -0.485. The number of nitrogens with zero attached hydrogens (tertiary/aromatic N) is 4. The Bertz CT molecular complexity index is 865. The van der Waals surface area contributed by atoms with Crippen LogP contribution in [0.5, 0.6) is 0 Å². The van der Waals surface area contributed by atoms with Crippen molar-refractivity contribution in [2.75, 3.05) is 19.6 Å². The van der Waals surface area contributed by atoms with E-state index in [1.54, 1.807) is 41.0 Å². The lowest BCUT2D eigenvalue weighted by Gasteiger charge is -2.47. The molecule has 2 fully saturated rings. The Labute approximate surface area is 157 Å². The topological polar surface area (TPSA) is 58.4 Å². The van der Waals surface area contributed by atoms with E-state index in [1.807, 2.05) is 4.90 Å². The normalized spacial score (nSPS) is 22.4. The summed E-state index contributed by atoms with van der Waals surface area (Å²) in [4.78, 5) is 29.4. The van der Waals surface area contributed by atoms with Crippen molar-refractivity contribution in [3.8, 4) is 0 Å². The van der Waals surface area contributed by atoms with Gasteiger partial charge in [0.2, 0.25) is 0 Å². The molecule has 2 amide bonds. The molecule has 27 heavy (non-hydrogen) atoms. The molecule has 0 unspecified atom stereocenters. The molecule has 6 nitrogen and oxygen atoms in total. The summed E-state index contributed by atoms with van der Waals surface area (Å²) in [6, 6.07) is 7.96. The van der Waals surface area contributed by atoms with E-state index < -0.39 is 5.82 Å². The van der Waals surface area contributed by atoms with Crippen LogP contribution in [0.4, 0.5) is 4.39 Å². The van der Waals surface area contributed by atoms with E-state index in [2.05, 4.69) is 5.10 Å². The molecular formula is C20H23FN4O2. The van der Waals surface area contributed by atoms with Crippen molar-refractivity contribution >= 4 is 11.8 Å². The molecule has 0 saturated carbocycles. The van der Waals surface area contributed by atoms with Gasteiger partial charge in [-0.1, -0.05) is 12.1 Å². The summed E-state index contributed by atoms with van der Waals surface area (Å²) in [5.41, 5.74) is 0.704. The fourth-order valence-corrected chi connectivity index (χ4v) is 4.38. The van der Waals surface area contributed by atoms with E-state index in [0.29, 0.717) is 25.2 Å². The summed E-state index contributed by atoms with van der Waals surface area (Å²) in [6.45, 7) is 1.82.